The van der Waals surface area contributed by atoms with Crippen molar-refractivity contribution in [3.63, 3.8) is 0 Å². The van der Waals surface area contributed by atoms with Gasteiger partial charge in [-0.15, -0.1) is 11.3 Å². The Labute approximate surface area is 203 Å². The summed E-state index contributed by atoms with van der Waals surface area (Å²) in [6, 6.07) is 5.69. The van der Waals surface area contributed by atoms with Crippen LogP contribution in [0.4, 0.5) is 5.13 Å². The number of morpholine rings is 1. The number of nitrogens with zero attached hydrogens (tertiary/aromatic N) is 5. The summed E-state index contributed by atoms with van der Waals surface area (Å²) in [6.07, 6.45) is 2.78. The van der Waals surface area contributed by atoms with Crippen LogP contribution in [0.2, 0.25) is 0 Å². The van der Waals surface area contributed by atoms with E-state index in [2.05, 4.69) is 16.9 Å². The van der Waals surface area contributed by atoms with E-state index in [1.54, 1.807) is 34.3 Å². The zero-order valence-corrected chi connectivity index (χ0v) is 20.4. The predicted octanol–water partition coefficient (Wildman–Crippen LogP) is 4.65. The Kier molecular flexibility index (Phi) is 5.60. The number of ether oxygens (including phenoxy) is 3. The average Bonchev–Trinajstić information content (AvgIpc) is 3.65. The monoisotopic (exact) mass is 497 g/mol. The summed E-state index contributed by atoms with van der Waals surface area (Å²) in [5.74, 6) is 2.00. The molecule has 34 heavy (non-hydrogen) atoms. The van der Waals surface area contributed by atoms with Crippen molar-refractivity contribution in [2.24, 2.45) is 0 Å². The predicted molar refractivity (Wildman–Crippen MR) is 131 cm³/mol. The van der Waals surface area contributed by atoms with Gasteiger partial charge in [0.05, 0.1) is 37.6 Å². The summed E-state index contributed by atoms with van der Waals surface area (Å²) < 4.78 is 25.0. The molecule has 11 heteroatoms. The molecule has 176 valence electrons. The second kappa shape index (κ2) is 8.90. The Balaban J connectivity index is 1.27. The second-order valence-electron chi connectivity index (χ2n) is 7.86. The number of rotatable bonds is 7. The van der Waals surface area contributed by atoms with E-state index in [1.165, 1.54) is 0 Å². The SMILES string of the molecule is CCc1nn2cc(-c3cc4c(OCc5csc(N6CCOCC6)n5)cc(OC)cc4o3)nc2s1. The van der Waals surface area contributed by atoms with E-state index in [1.807, 2.05) is 29.8 Å². The molecule has 5 heterocycles. The second-order valence-corrected chi connectivity index (χ2v) is 9.74. The number of benzene rings is 1. The fourth-order valence-electron chi connectivity index (χ4n) is 3.86. The van der Waals surface area contributed by atoms with Gasteiger partial charge >= 0.3 is 0 Å². The summed E-state index contributed by atoms with van der Waals surface area (Å²) in [5, 5.41) is 9.50. The number of imidazole rings is 1. The number of hydrogen-bond acceptors (Lipinski definition) is 10. The number of anilines is 1. The third kappa shape index (κ3) is 3.99. The van der Waals surface area contributed by atoms with Crippen molar-refractivity contribution in [2.45, 2.75) is 20.0 Å². The standard InChI is InChI=1S/C23H23N5O4S2/c1-3-21-26-28-11-17(25-23(28)34-21)20-10-16-18(8-15(29-2)9-19(16)32-20)31-12-14-13-33-22(24-14)27-4-6-30-7-5-27/h8-11,13H,3-7,12H2,1-2H3. The maximum atomic E-state index is 6.20. The first kappa shape index (κ1) is 21.4. The zero-order valence-electron chi connectivity index (χ0n) is 18.8. The molecule has 9 nitrogen and oxygen atoms in total. The molecular formula is C23H23N5O4S2. The van der Waals surface area contributed by atoms with Crippen LogP contribution < -0.4 is 14.4 Å². The van der Waals surface area contributed by atoms with Crippen LogP contribution >= 0.6 is 22.7 Å². The molecule has 1 fully saturated rings. The van der Waals surface area contributed by atoms with Crippen LogP contribution in [0.1, 0.15) is 17.6 Å². The first-order valence-electron chi connectivity index (χ1n) is 11.1. The molecule has 1 aromatic carbocycles. The van der Waals surface area contributed by atoms with Gasteiger partial charge in [-0.25, -0.2) is 14.5 Å². The largest absolute Gasteiger partial charge is 0.496 e. The molecule has 0 aliphatic carbocycles. The number of fused-ring (bicyclic) bond motifs is 2. The van der Waals surface area contributed by atoms with Gasteiger partial charge in [-0.1, -0.05) is 18.3 Å². The fraction of sp³-hybridized carbons (Fsp3) is 0.348. The van der Waals surface area contributed by atoms with Crippen molar-refractivity contribution < 1.29 is 18.6 Å². The van der Waals surface area contributed by atoms with Crippen molar-refractivity contribution in [3.05, 3.63) is 40.5 Å². The third-order valence-electron chi connectivity index (χ3n) is 5.65. The Bertz CT molecular complexity index is 1410. The highest BCUT2D eigenvalue weighted by Crippen LogP contribution is 2.37. The van der Waals surface area contributed by atoms with Crippen LogP contribution in [0.3, 0.4) is 0 Å². The van der Waals surface area contributed by atoms with E-state index >= 15 is 0 Å². The van der Waals surface area contributed by atoms with Gasteiger partial charge in [0.25, 0.3) is 0 Å². The Morgan fingerprint density at radius 2 is 2.03 bits per heavy atom. The van der Waals surface area contributed by atoms with Crippen LogP contribution in [-0.4, -0.2) is 53.0 Å². The number of furan rings is 1. The molecule has 1 aliphatic heterocycles. The van der Waals surface area contributed by atoms with Crippen molar-refractivity contribution in [2.75, 3.05) is 38.3 Å². The summed E-state index contributed by atoms with van der Waals surface area (Å²) in [4.78, 5) is 12.5. The smallest absolute Gasteiger partial charge is 0.212 e. The van der Waals surface area contributed by atoms with Crippen LogP contribution in [0.5, 0.6) is 11.5 Å². The van der Waals surface area contributed by atoms with Gasteiger partial charge in [-0.2, -0.15) is 5.10 Å². The average molecular weight is 498 g/mol. The lowest BCUT2D eigenvalue weighted by molar-refractivity contribution is 0.122. The lowest BCUT2D eigenvalue weighted by Crippen LogP contribution is -2.36. The normalized spacial score (nSPS) is 14.4. The number of methoxy groups -OCH3 is 1. The fourth-order valence-corrected chi connectivity index (χ4v) is 5.54. The lowest BCUT2D eigenvalue weighted by atomic mass is 10.2. The molecule has 0 atom stereocenters. The molecular weight excluding hydrogens is 474 g/mol. The van der Waals surface area contributed by atoms with Gasteiger partial charge in [0.15, 0.2) is 10.9 Å². The first-order chi connectivity index (χ1) is 16.7. The van der Waals surface area contributed by atoms with E-state index < -0.39 is 0 Å². The number of aryl methyl sites for hydroxylation is 1. The van der Waals surface area contributed by atoms with E-state index in [4.69, 9.17) is 28.6 Å². The quantitative estimate of drug-likeness (QED) is 0.321. The number of aromatic nitrogens is 4. The molecule has 5 aromatic rings. The van der Waals surface area contributed by atoms with Gasteiger partial charge in [0.2, 0.25) is 4.96 Å². The summed E-state index contributed by atoms with van der Waals surface area (Å²) in [6.45, 7) is 5.64. The van der Waals surface area contributed by atoms with Gasteiger partial charge < -0.3 is 23.5 Å². The highest BCUT2D eigenvalue weighted by Gasteiger charge is 2.18. The molecule has 0 bridgehead atoms. The van der Waals surface area contributed by atoms with E-state index in [0.29, 0.717) is 29.4 Å². The molecule has 0 saturated carbocycles. The van der Waals surface area contributed by atoms with Crippen molar-refractivity contribution >= 4 is 43.7 Å². The number of thiazole rings is 1. The van der Waals surface area contributed by atoms with E-state index in [-0.39, 0.29) is 0 Å². The van der Waals surface area contributed by atoms with Crippen LogP contribution in [0, 0.1) is 0 Å². The first-order valence-corrected chi connectivity index (χ1v) is 12.8. The Morgan fingerprint density at radius 3 is 2.82 bits per heavy atom. The molecule has 0 spiro atoms. The molecule has 0 radical (unpaired) electrons. The molecule has 1 saturated heterocycles. The zero-order chi connectivity index (χ0) is 23.1. The maximum Gasteiger partial charge on any atom is 0.212 e. The molecule has 6 rings (SSSR count). The molecule has 0 amide bonds. The topological polar surface area (TPSA) is 87.2 Å². The third-order valence-corrected chi connectivity index (χ3v) is 7.66. The minimum absolute atomic E-state index is 0.355. The van der Waals surface area contributed by atoms with Crippen molar-refractivity contribution in [1.82, 2.24) is 19.6 Å². The van der Waals surface area contributed by atoms with E-state index in [9.17, 15) is 0 Å². The maximum absolute atomic E-state index is 6.20. The van der Waals surface area contributed by atoms with Crippen LogP contribution in [0.15, 0.2) is 34.2 Å². The van der Waals surface area contributed by atoms with Gasteiger partial charge in [-0.3, -0.25) is 0 Å². The summed E-state index contributed by atoms with van der Waals surface area (Å²) >= 11 is 3.21. The van der Waals surface area contributed by atoms with Gasteiger partial charge in [0.1, 0.15) is 34.4 Å². The van der Waals surface area contributed by atoms with Crippen LogP contribution in [-0.2, 0) is 17.8 Å². The van der Waals surface area contributed by atoms with Crippen molar-refractivity contribution in [1.29, 1.82) is 0 Å². The molecule has 0 N–H and O–H groups in total. The minimum atomic E-state index is 0.355. The van der Waals surface area contributed by atoms with Crippen molar-refractivity contribution in [3.8, 4) is 23.0 Å². The Hall–Kier alpha value is -3.15. The van der Waals surface area contributed by atoms with Gasteiger partial charge in [-0.05, 0) is 12.5 Å². The minimum Gasteiger partial charge on any atom is -0.496 e. The summed E-state index contributed by atoms with van der Waals surface area (Å²) in [5.41, 5.74) is 2.30. The highest BCUT2D eigenvalue weighted by molar-refractivity contribution is 7.16. The number of hydrogen-bond donors (Lipinski definition) is 0. The summed E-state index contributed by atoms with van der Waals surface area (Å²) in [7, 11) is 1.63. The van der Waals surface area contributed by atoms with E-state index in [0.717, 1.165) is 64.6 Å². The van der Waals surface area contributed by atoms with Gasteiger partial charge in [0, 0.05) is 30.6 Å². The van der Waals surface area contributed by atoms with Crippen LogP contribution in [0.25, 0.3) is 27.4 Å². The Morgan fingerprint density at radius 1 is 1.15 bits per heavy atom. The molecule has 4 aromatic heterocycles. The highest BCUT2D eigenvalue weighted by atomic mass is 32.1. The molecule has 0 unspecified atom stereocenters. The molecule has 1 aliphatic rings. The lowest BCUT2D eigenvalue weighted by Gasteiger charge is -2.26.